The molecule has 1 aromatic heterocycles. The second kappa shape index (κ2) is 7.27. The highest BCUT2D eigenvalue weighted by Gasteiger charge is 2.48. The number of anilines is 1. The first kappa shape index (κ1) is 20.4. The normalized spacial score (nSPS) is 26.6. The summed E-state index contributed by atoms with van der Waals surface area (Å²) in [4.78, 5) is 0. The number of alkyl halides is 2. The summed E-state index contributed by atoms with van der Waals surface area (Å²) < 4.78 is 57.5. The van der Waals surface area contributed by atoms with E-state index in [1.165, 1.54) is 0 Å². The second-order valence-corrected chi connectivity index (χ2v) is 11.3. The van der Waals surface area contributed by atoms with Gasteiger partial charge in [-0.05, 0) is 52.4 Å². The molecule has 2 saturated carbocycles. The van der Waals surface area contributed by atoms with Crippen LogP contribution in [0.2, 0.25) is 0 Å². The second-order valence-electron chi connectivity index (χ2n) is 8.73. The van der Waals surface area contributed by atoms with Crippen LogP contribution in [0.15, 0.2) is 4.42 Å². The third-order valence-corrected chi connectivity index (χ3v) is 7.58. The molecule has 0 atom stereocenters. The standard InChI is InChI=1S/C17H28F2N4O3S/c1-16(2,3)27(24,25)20-10-11-4-6-13(7-5-11)21-15-23-22-14(26-15)12-8-17(18,19)9-12/h11-13,20H,4-10H2,1-3H3,(H,21,23). The number of hydrogen-bond donors (Lipinski definition) is 2. The lowest BCUT2D eigenvalue weighted by molar-refractivity contribution is -0.0917. The largest absolute Gasteiger partial charge is 0.408 e. The maximum Gasteiger partial charge on any atom is 0.315 e. The van der Waals surface area contributed by atoms with Crippen LogP contribution in [0.4, 0.5) is 14.8 Å². The van der Waals surface area contributed by atoms with Crippen molar-refractivity contribution in [2.45, 2.75) is 81.9 Å². The molecule has 2 N–H and O–H groups in total. The number of rotatable bonds is 6. The third-order valence-electron chi connectivity index (χ3n) is 5.42. The van der Waals surface area contributed by atoms with E-state index < -0.39 is 20.7 Å². The van der Waals surface area contributed by atoms with Crippen molar-refractivity contribution in [1.29, 1.82) is 0 Å². The Morgan fingerprint density at radius 3 is 2.33 bits per heavy atom. The molecule has 0 spiro atoms. The van der Waals surface area contributed by atoms with Crippen molar-refractivity contribution in [2.24, 2.45) is 5.92 Å². The molecule has 0 bridgehead atoms. The monoisotopic (exact) mass is 406 g/mol. The molecule has 27 heavy (non-hydrogen) atoms. The first-order chi connectivity index (χ1) is 12.5. The van der Waals surface area contributed by atoms with Crippen molar-refractivity contribution in [2.75, 3.05) is 11.9 Å². The molecule has 0 aromatic carbocycles. The minimum atomic E-state index is -3.32. The smallest absolute Gasteiger partial charge is 0.315 e. The topological polar surface area (TPSA) is 97.1 Å². The van der Waals surface area contributed by atoms with Crippen LogP contribution in [0.3, 0.4) is 0 Å². The number of nitrogens with zero attached hydrogens (tertiary/aromatic N) is 2. The Bertz CT molecular complexity index is 744. The number of hydrogen-bond acceptors (Lipinski definition) is 6. The van der Waals surface area contributed by atoms with Gasteiger partial charge in [0.15, 0.2) is 0 Å². The summed E-state index contributed by atoms with van der Waals surface area (Å²) in [7, 11) is -3.32. The van der Waals surface area contributed by atoms with Gasteiger partial charge in [0.1, 0.15) is 0 Å². The van der Waals surface area contributed by atoms with E-state index in [9.17, 15) is 17.2 Å². The summed E-state index contributed by atoms with van der Waals surface area (Å²) in [6.45, 7) is 5.49. The zero-order valence-electron chi connectivity index (χ0n) is 16.0. The third kappa shape index (κ3) is 4.96. The predicted molar refractivity (Wildman–Crippen MR) is 97.3 cm³/mol. The highest BCUT2D eigenvalue weighted by atomic mass is 32.2. The minimum Gasteiger partial charge on any atom is -0.408 e. The van der Waals surface area contributed by atoms with Gasteiger partial charge in [0.05, 0.1) is 4.75 Å². The maximum atomic E-state index is 12.9. The van der Waals surface area contributed by atoms with E-state index in [2.05, 4.69) is 20.2 Å². The Balaban J connectivity index is 1.42. The van der Waals surface area contributed by atoms with Gasteiger partial charge in [-0.2, -0.15) is 0 Å². The number of sulfonamides is 1. The maximum absolute atomic E-state index is 12.9. The van der Waals surface area contributed by atoms with Crippen molar-refractivity contribution in [1.82, 2.24) is 14.9 Å². The van der Waals surface area contributed by atoms with Crippen LogP contribution in [0.25, 0.3) is 0 Å². The van der Waals surface area contributed by atoms with E-state index >= 15 is 0 Å². The average molecular weight is 406 g/mol. The summed E-state index contributed by atoms with van der Waals surface area (Å²) in [6.07, 6.45) is 3.04. The van der Waals surface area contributed by atoms with E-state index in [-0.39, 0.29) is 36.7 Å². The van der Waals surface area contributed by atoms with E-state index in [1.807, 2.05) is 0 Å². The van der Waals surface area contributed by atoms with Crippen LogP contribution in [-0.2, 0) is 10.0 Å². The molecule has 0 amide bonds. The van der Waals surface area contributed by atoms with Gasteiger partial charge in [-0.1, -0.05) is 5.10 Å². The SMILES string of the molecule is CC(C)(C)S(=O)(=O)NCC1CCC(Nc2nnc(C3CC(F)(F)C3)o2)CC1. The first-order valence-corrected chi connectivity index (χ1v) is 10.9. The molecule has 0 saturated heterocycles. The van der Waals surface area contributed by atoms with Crippen LogP contribution < -0.4 is 10.0 Å². The number of halogens is 2. The van der Waals surface area contributed by atoms with E-state index in [4.69, 9.17) is 4.42 Å². The molecule has 0 radical (unpaired) electrons. The van der Waals surface area contributed by atoms with Crippen LogP contribution in [0.5, 0.6) is 0 Å². The Hall–Kier alpha value is -1.29. The van der Waals surface area contributed by atoms with Crippen molar-refractivity contribution < 1.29 is 21.6 Å². The van der Waals surface area contributed by atoms with E-state index in [0.717, 1.165) is 25.7 Å². The van der Waals surface area contributed by atoms with Crippen LogP contribution in [-0.4, -0.2) is 41.9 Å². The summed E-state index contributed by atoms with van der Waals surface area (Å²) >= 11 is 0. The Morgan fingerprint density at radius 1 is 1.15 bits per heavy atom. The number of aromatic nitrogens is 2. The molecule has 0 aliphatic heterocycles. The fourth-order valence-electron chi connectivity index (χ4n) is 3.42. The molecule has 1 aromatic rings. The lowest BCUT2D eigenvalue weighted by atomic mass is 9.81. The van der Waals surface area contributed by atoms with Crippen LogP contribution in [0.1, 0.15) is 71.1 Å². The molecule has 7 nitrogen and oxygen atoms in total. The summed E-state index contributed by atoms with van der Waals surface area (Å²) in [5.41, 5.74) is 0. The molecule has 2 fully saturated rings. The first-order valence-electron chi connectivity index (χ1n) is 9.42. The summed E-state index contributed by atoms with van der Waals surface area (Å²) in [5, 5.41) is 11.0. The summed E-state index contributed by atoms with van der Waals surface area (Å²) in [5.74, 6) is -2.39. The van der Waals surface area contributed by atoms with Crippen molar-refractivity contribution in [3.8, 4) is 0 Å². The van der Waals surface area contributed by atoms with Crippen molar-refractivity contribution in [3.05, 3.63) is 5.89 Å². The fourth-order valence-corrected chi connectivity index (χ4v) is 4.31. The van der Waals surface area contributed by atoms with Gasteiger partial charge < -0.3 is 9.73 Å². The highest BCUT2D eigenvalue weighted by Crippen LogP contribution is 2.48. The average Bonchev–Trinajstić information content (AvgIpc) is 2.99. The van der Waals surface area contributed by atoms with Crippen LogP contribution in [0, 0.1) is 5.92 Å². The fraction of sp³-hybridized carbons (Fsp3) is 0.882. The van der Waals surface area contributed by atoms with Gasteiger partial charge in [-0.15, -0.1) is 5.10 Å². The van der Waals surface area contributed by atoms with Crippen LogP contribution >= 0.6 is 0 Å². The molecular weight excluding hydrogens is 378 g/mol. The van der Waals surface area contributed by atoms with Gasteiger partial charge in [0, 0.05) is 31.3 Å². The molecule has 1 heterocycles. The number of nitrogens with one attached hydrogen (secondary N) is 2. The lowest BCUT2D eigenvalue weighted by Gasteiger charge is -2.32. The molecular formula is C17H28F2N4O3S. The van der Waals surface area contributed by atoms with Gasteiger partial charge >= 0.3 is 6.01 Å². The molecule has 3 rings (SSSR count). The Labute approximate surface area is 158 Å². The Morgan fingerprint density at radius 2 is 1.78 bits per heavy atom. The molecule has 2 aliphatic carbocycles. The molecule has 10 heteroatoms. The van der Waals surface area contributed by atoms with E-state index in [0.29, 0.717) is 12.5 Å². The molecule has 0 unspecified atom stereocenters. The zero-order valence-corrected chi connectivity index (χ0v) is 16.8. The predicted octanol–water partition coefficient (Wildman–Crippen LogP) is 3.27. The van der Waals surface area contributed by atoms with Crippen molar-refractivity contribution >= 4 is 16.0 Å². The van der Waals surface area contributed by atoms with Crippen molar-refractivity contribution in [3.63, 3.8) is 0 Å². The Kier molecular flexibility index (Phi) is 5.51. The lowest BCUT2D eigenvalue weighted by Crippen LogP contribution is -2.42. The zero-order chi connectivity index (χ0) is 19.9. The van der Waals surface area contributed by atoms with Gasteiger partial charge in [0.25, 0.3) is 0 Å². The van der Waals surface area contributed by atoms with Gasteiger partial charge in [0.2, 0.25) is 21.8 Å². The summed E-state index contributed by atoms with van der Waals surface area (Å²) in [6, 6.07) is 0.439. The molecule has 2 aliphatic rings. The van der Waals surface area contributed by atoms with Gasteiger partial charge in [-0.25, -0.2) is 21.9 Å². The van der Waals surface area contributed by atoms with Gasteiger partial charge in [-0.3, -0.25) is 0 Å². The van der Waals surface area contributed by atoms with E-state index in [1.54, 1.807) is 20.8 Å². The quantitative estimate of drug-likeness (QED) is 0.753. The minimum absolute atomic E-state index is 0.164. The highest BCUT2D eigenvalue weighted by molar-refractivity contribution is 7.90. The molecule has 154 valence electrons.